The summed E-state index contributed by atoms with van der Waals surface area (Å²) in [6.45, 7) is 1.94. The van der Waals surface area contributed by atoms with Crippen molar-refractivity contribution in [2.75, 3.05) is 18.4 Å². The van der Waals surface area contributed by atoms with Gasteiger partial charge in [-0.1, -0.05) is 0 Å². The van der Waals surface area contributed by atoms with Crippen LogP contribution in [-0.2, 0) is 11.3 Å². The van der Waals surface area contributed by atoms with E-state index >= 15 is 0 Å². The highest BCUT2D eigenvalue weighted by Crippen LogP contribution is 2.27. The van der Waals surface area contributed by atoms with Crippen LogP contribution < -0.4 is 10.6 Å². The fourth-order valence-electron chi connectivity index (χ4n) is 2.09. The van der Waals surface area contributed by atoms with Crippen LogP contribution in [0.25, 0.3) is 0 Å². The first-order valence-corrected chi connectivity index (χ1v) is 7.22. The third-order valence-corrected chi connectivity index (χ3v) is 3.42. The second kappa shape index (κ2) is 6.49. The van der Waals surface area contributed by atoms with Gasteiger partial charge in [0.15, 0.2) is 5.82 Å². The predicted octanol–water partition coefficient (Wildman–Crippen LogP) is 1.26. The van der Waals surface area contributed by atoms with Gasteiger partial charge < -0.3 is 10.6 Å². The van der Waals surface area contributed by atoms with Crippen molar-refractivity contribution >= 4 is 11.7 Å². The minimum Gasteiger partial charge on any atom is -0.308 e. The van der Waals surface area contributed by atoms with Gasteiger partial charge in [0.05, 0.1) is 13.1 Å². The van der Waals surface area contributed by atoms with E-state index in [1.807, 2.05) is 18.3 Å². The smallest absolute Gasteiger partial charge is 0.239 e. The fraction of sp³-hybridized carbons (Fsp3) is 0.400. The number of carbonyl (C=O) groups excluding carboxylic acids is 1. The zero-order valence-electron chi connectivity index (χ0n) is 11.8. The average molecular weight is 285 g/mol. The van der Waals surface area contributed by atoms with Crippen molar-refractivity contribution in [1.29, 1.82) is 0 Å². The molecule has 0 spiro atoms. The van der Waals surface area contributed by atoms with Crippen LogP contribution in [0.15, 0.2) is 36.8 Å². The van der Waals surface area contributed by atoms with Gasteiger partial charge in [-0.25, -0.2) is 0 Å². The Balaban J connectivity index is 1.46. The van der Waals surface area contributed by atoms with Crippen LogP contribution in [0.4, 0.5) is 5.82 Å². The first kappa shape index (κ1) is 13.8. The summed E-state index contributed by atoms with van der Waals surface area (Å²) in [5.41, 5.74) is 1.12. The number of carbonyl (C=O) groups is 1. The molecule has 1 saturated carbocycles. The molecule has 1 fully saturated rings. The monoisotopic (exact) mass is 285 g/mol. The van der Waals surface area contributed by atoms with Crippen LogP contribution in [-0.4, -0.2) is 33.8 Å². The Hall–Kier alpha value is -2.21. The van der Waals surface area contributed by atoms with Gasteiger partial charge in [-0.3, -0.25) is 14.5 Å². The van der Waals surface area contributed by atoms with Gasteiger partial charge in [0.25, 0.3) is 0 Å². The number of rotatable bonds is 7. The van der Waals surface area contributed by atoms with Crippen molar-refractivity contribution in [2.24, 2.45) is 5.92 Å². The number of pyridine rings is 1. The number of hydrogen-bond acceptors (Lipinski definition) is 4. The van der Waals surface area contributed by atoms with Crippen LogP contribution in [0.5, 0.6) is 0 Å². The summed E-state index contributed by atoms with van der Waals surface area (Å²) >= 11 is 0. The summed E-state index contributed by atoms with van der Waals surface area (Å²) in [6, 6.07) is 5.70. The molecule has 2 N–H and O–H groups in total. The summed E-state index contributed by atoms with van der Waals surface area (Å²) in [7, 11) is 0. The van der Waals surface area contributed by atoms with Crippen LogP contribution >= 0.6 is 0 Å². The van der Waals surface area contributed by atoms with E-state index in [0.717, 1.165) is 18.0 Å². The summed E-state index contributed by atoms with van der Waals surface area (Å²) in [5.74, 6) is 1.31. The van der Waals surface area contributed by atoms with Crippen molar-refractivity contribution in [3.63, 3.8) is 0 Å². The Bertz CT molecular complexity index is 591. The standard InChI is InChI=1S/C15H19N5O/c21-15(10-17-9-12-1-2-12)18-14-5-8-20(19-14)11-13-3-6-16-7-4-13/h3-8,12,17H,1-2,9-11H2,(H,18,19,21). The van der Waals surface area contributed by atoms with E-state index in [-0.39, 0.29) is 5.91 Å². The molecular weight excluding hydrogens is 266 g/mol. The van der Waals surface area contributed by atoms with Crippen molar-refractivity contribution in [1.82, 2.24) is 20.1 Å². The number of anilines is 1. The molecule has 21 heavy (non-hydrogen) atoms. The van der Waals surface area contributed by atoms with Gasteiger partial charge in [0.2, 0.25) is 5.91 Å². The molecule has 1 aliphatic carbocycles. The van der Waals surface area contributed by atoms with E-state index in [2.05, 4.69) is 20.7 Å². The lowest BCUT2D eigenvalue weighted by Crippen LogP contribution is -2.29. The Labute approximate surface area is 123 Å². The Morgan fingerprint density at radius 2 is 2.10 bits per heavy atom. The fourth-order valence-corrected chi connectivity index (χ4v) is 2.09. The molecule has 1 aliphatic rings. The largest absolute Gasteiger partial charge is 0.308 e. The van der Waals surface area contributed by atoms with Crippen molar-refractivity contribution in [3.05, 3.63) is 42.4 Å². The topological polar surface area (TPSA) is 71.8 Å². The highest BCUT2D eigenvalue weighted by Gasteiger charge is 2.20. The van der Waals surface area contributed by atoms with E-state index < -0.39 is 0 Å². The Morgan fingerprint density at radius 1 is 1.29 bits per heavy atom. The van der Waals surface area contributed by atoms with Gasteiger partial charge >= 0.3 is 0 Å². The highest BCUT2D eigenvalue weighted by molar-refractivity contribution is 5.91. The van der Waals surface area contributed by atoms with Gasteiger partial charge in [-0.2, -0.15) is 5.10 Å². The second-order valence-electron chi connectivity index (χ2n) is 5.38. The predicted molar refractivity (Wildman–Crippen MR) is 79.8 cm³/mol. The maximum Gasteiger partial charge on any atom is 0.239 e. The normalized spacial score (nSPS) is 14.1. The molecule has 0 unspecified atom stereocenters. The molecule has 1 amide bonds. The Kier molecular flexibility index (Phi) is 4.25. The summed E-state index contributed by atoms with van der Waals surface area (Å²) < 4.78 is 1.79. The van der Waals surface area contributed by atoms with Crippen molar-refractivity contribution in [3.8, 4) is 0 Å². The molecule has 2 aromatic rings. The van der Waals surface area contributed by atoms with Gasteiger partial charge in [-0.05, 0) is 43.0 Å². The van der Waals surface area contributed by atoms with Crippen molar-refractivity contribution in [2.45, 2.75) is 19.4 Å². The SMILES string of the molecule is O=C(CNCC1CC1)Nc1ccn(Cc2ccncc2)n1. The van der Waals surface area contributed by atoms with Crippen LogP contribution in [0, 0.1) is 5.92 Å². The maximum absolute atomic E-state index is 11.8. The Morgan fingerprint density at radius 3 is 2.86 bits per heavy atom. The number of aromatic nitrogens is 3. The zero-order chi connectivity index (χ0) is 14.5. The lowest BCUT2D eigenvalue weighted by molar-refractivity contribution is -0.115. The molecule has 0 aliphatic heterocycles. The summed E-state index contributed by atoms with van der Waals surface area (Å²) in [6.07, 6.45) is 7.94. The molecule has 2 heterocycles. The van der Waals surface area contributed by atoms with Crippen LogP contribution in [0.3, 0.4) is 0 Å². The number of nitrogens with one attached hydrogen (secondary N) is 2. The molecular formula is C15H19N5O. The molecule has 0 aromatic carbocycles. The van der Waals surface area contributed by atoms with E-state index in [1.165, 1.54) is 12.8 Å². The minimum atomic E-state index is -0.0511. The van der Waals surface area contributed by atoms with Gasteiger partial charge in [-0.15, -0.1) is 0 Å². The highest BCUT2D eigenvalue weighted by atomic mass is 16.2. The molecule has 0 atom stereocenters. The molecule has 6 nitrogen and oxygen atoms in total. The van der Waals surface area contributed by atoms with Crippen LogP contribution in [0.2, 0.25) is 0 Å². The minimum absolute atomic E-state index is 0.0511. The number of nitrogens with zero attached hydrogens (tertiary/aromatic N) is 3. The third kappa shape index (κ3) is 4.39. The van der Waals surface area contributed by atoms with E-state index in [4.69, 9.17) is 0 Å². The number of amides is 1. The number of hydrogen-bond donors (Lipinski definition) is 2. The first-order chi connectivity index (χ1) is 10.3. The molecule has 0 radical (unpaired) electrons. The molecule has 6 heteroatoms. The van der Waals surface area contributed by atoms with E-state index in [0.29, 0.717) is 18.9 Å². The first-order valence-electron chi connectivity index (χ1n) is 7.22. The van der Waals surface area contributed by atoms with Gasteiger partial charge in [0.1, 0.15) is 0 Å². The molecule has 3 rings (SSSR count). The zero-order valence-corrected chi connectivity index (χ0v) is 11.8. The summed E-state index contributed by atoms with van der Waals surface area (Å²) in [4.78, 5) is 15.7. The molecule has 0 saturated heterocycles. The van der Waals surface area contributed by atoms with Crippen LogP contribution in [0.1, 0.15) is 18.4 Å². The lowest BCUT2D eigenvalue weighted by Gasteiger charge is -2.04. The second-order valence-corrected chi connectivity index (χ2v) is 5.38. The van der Waals surface area contributed by atoms with Gasteiger partial charge in [0, 0.05) is 24.7 Å². The maximum atomic E-state index is 11.8. The average Bonchev–Trinajstić information content (AvgIpc) is 3.21. The molecule has 0 bridgehead atoms. The lowest BCUT2D eigenvalue weighted by atomic mass is 10.3. The molecule has 2 aromatic heterocycles. The van der Waals surface area contributed by atoms with E-state index in [9.17, 15) is 4.79 Å². The quantitative estimate of drug-likeness (QED) is 0.803. The molecule has 110 valence electrons. The van der Waals surface area contributed by atoms with E-state index in [1.54, 1.807) is 23.1 Å². The van der Waals surface area contributed by atoms with Crippen molar-refractivity contribution < 1.29 is 4.79 Å². The third-order valence-electron chi connectivity index (χ3n) is 3.42. The summed E-state index contributed by atoms with van der Waals surface area (Å²) in [5, 5.41) is 10.3.